The minimum Gasteiger partial charge on any atom is -0.466 e. The van der Waals surface area contributed by atoms with Crippen LogP contribution in [0.3, 0.4) is 0 Å². The second kappa shape index (κ2) is 10.7. The number of aliphatic hydroxyl groups is 2. The highest BCUT2D eigenvalue weighted by atomic mass is 16.8. The molecule has 2 aliphatic heterocycles. The topological polar surface area (TPSA) is 104 Å². The number of aliphatic hydroxyl groups excluding tert-OH is 1. The molecule has 0 radical (unpaired) electrons. The van der Waals surface area contributed by atoms with Gasteiger partial charge in [-0.2, -0.15) is 0 Å². The minimum absolute atomic E-state index is 0.182. The third-order valence-corrected chi connectivity index (χ3v) is 7.42. The van der Waals surface area contributed by atoms with Crippen LogP contribution in [0.2, 0.25) is 0 Å². The second-order valence-electron chi connectivity index (χ2n) is 9.83. The van der Waals surface area contributed by atoms with E-state index in [-0.39, 0.29) is 24.6 Å². The quantitative estimate of drug-likeness (QED) is 0.424. The molecule has 1 unspecified atom stereocenters. The number of hydrogen-bond acceptors (Lipinski definition) is 8. The van der Waals surface area contributed by atoms with Crippen molar-refractivity contribution in [2.45, 2.75) is 132 Å². The average Bonchev–Trinajstić information content (AvgIpc) is 3.15. The first-order chi connectivity index (χ1) is 15.4. The van der Waals surface area contributed by atoms with Crippen LogP contribution in [-0.4, -0.2) is 71.5 Å². The second-order valence-corrected chi connectivity index (χ2v) is 9.83. The van der Waals surface area contributed by atoms with Crippen LogP contribution >= 0.6 is 0 Å². The minimum atomic E-state index is -1.05. The van der Waals surface area contributed by atoms with Crippen molar-refractivity contribution in [1.82, 2.24) is 0 Å². The van der Waals surface area contributed by atoms with E-state index in [4.69, 9.17) is 23.7 Å². The van der Waals surface area contributed by atoms with E-state index < -0.39 is 29.9 Å². The Labute approximate surface area is 190 Å². The van der Waals surface area contributed by atoms with E-state index in [9.17, 15) is 15.0 Å². The van der Waals surface area contributed by atoms with Crippen molar-refractivity contribution in [1.29, 1.82) is 0 Å². The van der Waals surface area contributed by atoms with Gasteiger partial charge in [0, 0.05) is 32.1 Å². The van der Waals surface area contributed by atoms with E-state index in [2.05, 4.69) is 0 Å². The lowest BCUT2D eigenvalue weighted by atomic mass is 9.91. The van der Waals surface area contributed by atoms with Crippen molar-refractivity contribution in [3.8, 4) is 0 Å². The zero-order chi connectivity index (χ0) is 22.6. The molecule has 2 aliphatic carbocycles. The van der Waals surface area contributed by atoms with Gasteiger partial charge in [-0.3, -0.25) is 4.79 Å². The standard InChI is InChI=1S/C24H40O8/c1-2-28-19(25)10-9-17-20(26)22-21(31-24(32-22)14-7-4-8-15-24)18(30-17)11-16-29-23(27)12-5-3-6-13-23/h17-18,20-22,26-27H,2-16H2,1H3/t17-,18?,20-,21+,22-/m0/s1. The Hall–Kier alpha value is -0.770. The zero-order valence-electron chi connectivity index (χ0n) is 19.3. The summed E-state index contributed by atoms with van der Waals surface area (Å²) >= 11 is 0. The van der Waals surface area contributed by atoms with Crippen LogP contribution in [0.25, 0.3) is 0 Å². The van der Waals surface area contributed by atoms with Gasteiger partial charge in [0.1, 0.15) is 18.3 Å². The molecule has 8 heteroatoms. The summed E-state index contributed by atoms with van der Waals surface area (Å²) in [6.07, 6.45) is 7.78. The summed E-state index contributed by atoms with van der Waals surface area (Å²) in [5, 5.41) is 21.7. The monoisotopic (exact) mass is 456 g/mol. The molecule has 184 valence electrons. The van der Waals surface area contributed by atoms with Crippen molar-refractivity contribution >= 4 is 5.97 Å². The highest BCUT2D eigenvalue weighted by molar-refractivity contribution is 5.69. The maximum Gasteiger partial charge on any atom is 0.305 e. The third-order valence-electron chi connectivity index (χ3n) is 7.42. The number of rotatable bonds is 8. The van der Waals surface area contributed by atoms with Crippen molar-refractivity contribution in [3.63, 3.8) is 0 Å². The molecule has 0 bridgehead atoms. The summed E-state index contributed by atoms with van der Waals surface area (Å²) in [6.45, 7) is 2.46. The first-order valence-corrected chi connectivity index (χ1v) is 12.6. The maximum absolute atomic E-state index is 11.9. The Bertz CT molecular complexity index is 613. The molecule has 32 heavy (non-hydrogen) atoms. The summed E-state index contributed by atoms with van der Waals surface area (Å²) in [4.78, 5) is 11.9. The lowest BCUT2D eigenvalue weighted by molar-refractivity contribution is -0.234. The van der Waals surface area contributed by atoms with Gasteiger partial charge in [-0.1, -0.05) is 12.8 Å². The number of carbonyl (C=O) groups is 1. The molecule has 2 heterocycles. The fraction of sp³-hybridized carbons (Fsp3) is 0.958. The molecule has 1 spiro atoms. The van der Waals surface area contributed by atoms with Crippen molar-refractivity contribution in [3.05, 3.63) is 0 Å². The van der Waals surface area contributed by atoms with Gasteiger partial charge in [-0.25, -0.2) is 0 Å². The van der Waals surface area contributed by atoms with E-state index >= 15 is 0 Å². The highest BCUT2D eigenvalue weighted by Gasteiger charge is 2.57. The summed E-state index contributed by atoms with van der Waals surface area (Å²) in [6, 6.07) is 0. The van der Waals surface area contributed by atoms with Gasteiger partial charge in [-0.05, 0) is 45.4 Å². The fourth-order valence-corrected chi connectivity index (χ4v) is 5.71. The smallest absolute Gasteiger partial charge is 0.305 e. The molecule has 0 amide bonds. The van der Waals surface area contributed by atoms with Crippen LogP contribution in [0.15, 0.2) is 0 Å². The largest absolute Gasteiger partial charge is 0.466 e. The van der Waals surface area contributed by atoms with Gasteiger partial charge < -0.3 is 33.9 Å². The van der Waals surface area contributed by atoms with Crippen LogP contribution < -0.4 is 0 Å². The summed E-state index contributed by atoms with van der Waals surface area (Å²) in [5.41, 5.74) is 0. The summed E-state index contributed by atoms with van der Waals surface area (Å²) in [7, 11) is 0. The van der Waals surface area contributed by atoms with Crippen LogP contribution in [0.4, 0.5) is 0 Å². The highest BCUT2D eigenvalue weighted by Crippen LogP contribution is 2.46. The number of ether oxygens (including phenoxy) is 5. The van der Waals surface area contributed by atoms with Crippen LogP contribution in [-0.2, 0) is 28.5 Å². The van der Waals surface area contributed by atoms with E-state index in [1.165, 1.54) is 6.42 Å². The Morgan fingerprint density at radius 2 is 1.59 bits per heavy atom. The van der Waals surface area contributed by atoms with E-state index in [0.717, 1.165) is 44.9 Å². The number of hydrogen-bond donors (Lipinski definition) is 2. The molecule has 2 saturated carbocycles. The molecule has 4 fully saturated rings. The van der Waals surface area contributed by atoms with Crippen LogP contribution in [0.5, 0.6) is 0 Å². The van der Waals surface area contributed by atoms with Crippen LogP contribution in [0.1, 0.15) is 90.4 Å². The molecule has 5 atom stereocenters. The average molecular weight is 457 g/mol. The molecule has 0 aromatic carbocycles. The van der Waals surface area contributed by atoms with Crippen molar-refractivity contribution < 1.29 is 38.7 Å². The molecule has 4 rings (SSSR count). The van der Waals surface area contributed by atoms with Crippen molar-refractivity contribution in [2.24, 2.45) is 0 Å². The third kappa shape index (κ3) is 5.65. The number of fused-ring (bicyclic) bond motifs is 1. The summed E-state index contributed by atoms with van der Waals surface area (Å²) < 4.78 is 30.0. The molecular weight excluding hydrogens is 416 g/mol. The number of carbonyl (C=O) groups excluding carboxylic acids is 1. The predicted molar refractivity (Wildman–Crippen MR) is 115 cm³/mol. The summed E-state index contributed by atoms with van der Waals surface area (Å²) in [5.74, 6) is -1.99. The molecule has 8 nitrogen and oxygen atoms in total. The first kappa shape index (κ1) is 24.4. The fourth-order valence-electron chi connectivity index (χ4n) is 5.71. The van der Waals surface area contributed by atoms with Gasteiger partial charge in [0.25, 0.3) is 0 Å². The van der Waals surface area contributed by atoms with Crippen LogP contribution in [0, 0.1) is 0 Å². The molecule has 0 aromatic heterocycles. The zero-order valence-corrected chi connectivity index (χ0v) is 19.3. The predicted octanol–water partition coefficient (Wildman–Crippen LogP) is 2.96. The van der Waals surface area contributed by atoms with Gasteiger partial charge in [-0.15, -0.1) is 0 Å². The Kier molecular flexibility index (Phi) is 8.11. The molecule has 0 aromatic rings. The first-order valence-electron chi connectivity index (χ1n) is 12.6. The van der Waals surface area contributed by atoms with E-state index in [1.807, 2.05) is 0 Å². The number of esters is 1. The molecule has 4 aliphatic rings. The van der Waals surface area contributed by atoms with E-state index in [0.29, 0.717) is 38.9 Å². The van der Waals surface area contributed by atoms with Gasteiger partial charge in [0.2, 0.25) is 0 Å². The lowest BCUT2D eigenvalue weighted by Gasteiger charge is -2.41. The Morgan fingerprint density at radius 1 is 0.938 bits per heavy atom. The van der Waals surface area contributed by atoms with Gasteiger partial charge in [0.05, 0.1) is 25.4 Å². The lowest BCUT2D eigenvalue weighted by Crippen LogP contribution is -2.56. The molecule has 2 N–H and O–H groups in total. The van der Waals surface area contributed by atoms with Gasteiger partial charge >= 0.3 is 5.97 Å². The molecular formula is C24H40O8. The van der Waals surface area contributed by atoms with Crippen molar-refractivity contribution in [2.75, 3.05) is 13.2 Å². The van der Waals surface area contributed by atoms with Gasteiger partial charge in [0.15, 0.2) is 11.6 Å². The van der Waals surface area contributed by atoms with E-state index in [1.54, 1.807) is 6.92 Å². The molecule has 2 saturated heterocycles. The Morgan fingerprint density at radius 3 is 2.28 bits per heavy atom. The normalized spacial score (nSPS) is 36.0. The SMILES string of the molecule is CCOC(=O)CC[C@@H]1OC(CCOC2(O)CCCCC2)[C@H]2OC3(CCCCC3)O[C@H]2[C@H]1O. The Balaban J connectivity index is 1.40. The maximum atomic E-state index is 11.9.